The molecule has 0 unspecified atom stereocenters. The minimum absolute atomic E-state index is 0.421. The smallest absolute Gasteiger partial charge is 0.257 e. The van der Waals surface area contributed by atoms with Crippen LogP contribution in [0.2, 0.25) is 0 Å². The lowest BCUT2D eigenvalue weighted by Crippen LogP contribution is -1.98. The van der Waals surface area contributed by atoms with Crippen LogP contribution in [0.3, 0.4) is 0 Å². The zero-order chi connectivity index (χ0) is 13.0. The minimum Gasteiger partial charge on any atom is -0.361 e. The van der Waals surface area contributed by atoms with E-state index in [0.717, 1.165) is 12.8 Å². The molecule has 2 rings (SSSR count). The van der Waals surface area contributed by atoms with E-state index in [1.165, 1.54) is 5.56 Å². The Labute approximate surface area is 111 Å². The molecule has 1 aromatic heterocycles. The molecule has 2 aromatic rings. The molecule has 1 heterocycles. The van der Waals surface area contributed by atoms with Crippen molar-refractivity contribution in [2.75, 3.05) is 0 Å². The number of nitrogens with zero attached hydrogens (tertiary/aromatic N) is 1. The third-order valence-electron chi connectivity index (χ3n) is 2.85. The van der Waals surface area contributed by atoms with Gasteiger partial charge in [0.05, 0.1) is 11.3 Å². The number of benzene rings is 1. The predicted molar refractivity (Wildman–Crippen MR) is 69.9 cm³/mol. The lowest BCUT2D eigenvalue weighted by molar-refractivity contribution is 0.107. The van der Waals surface area contributed by atoms with Gasteiger partial charge in [-0.25, -0.2) is 0 Å². The molecule has 0 aliphatic rings. The van der Waals surface area contributed by atoms with Crippen molar-refractivity contribution in [3.8, 4) is 0 Å². The number of carbonyl (C=O) groups excluding carboxylic acids is 1. The first-order chi connectivity index (χ1) is 8.68. The second-order valence-electron chi connectivity index (χ2n) is 4.17. The molecular weight excluding hydrogens is 250 g/mol. The van der Waals surface area contributed by atoms with Crippen LogP contribution in [0.5, 0.6) is 0 Å². The Hall–Kier alpha value is -1.61. The van der Waals surface area contributed by atoms with Crippen molar-refractivity contribution in [1.82, 2.24) is 5.16 Å². The topological polar surface area (TPSA) is 43.1 Å². The van der Waals surface area contributed by atoms with E-state index >= 15 is 0 Å². The van der Waals surface area contributed by atoms with Crippen molar-refractivity contribution in [2.24, 2.45) is 0 Å². The van der Waals surface area contributed by atoms with Crippen LogP contribution in [0.4, 0.5) is 0 Å². The van der Waals surface area contributed by atoms with Crippen LogP contribution < -0.4 is 0 Å². The van der Waals surface area contributed by atoms with Gasteiger partial charge in [-0.1, -0.05) is 35.5 Å². The Balaban J connectivity index is 1.97. The van der Waals surface area contributed by atoms with E-state index in [-0.39, 0.29) is 0 Å². The lowest BCUT2D eigenvalue weighted by atomic mass is 10.1. The van der Waals surface area contributed by atoms with Gasteiger partial charge in [0.15, 0.2) is 0 Å². The summed E-state index contributed by atoms with van der Waals surface area (Å²) >= 11 is 5.51. The molecule has 0 aliphatic carbocycles. The molecule has 0 atom stereocenters. The van der Waals surface area contributed by atoms with Crippen LogP contribution in [-0.2, 0) is 12.8 Å². The molecule has 4 heteroatoms. The fourth-order valence-corrected chi connectivity index (χ4v) is 2.19. The van der Waals surface area contributed by atoms with Crippen molar-refractivity contribution < 1.29 is 9.32 Å². The third-order valence-corrected chi connectivity index (χ3v) is 3.04. The highest BCUT2D eigenvalue weighted by molar-refractivity contribution is 6.68. The zero-order valence-electron chi connectivity index (χ0n) is 10.1. The molecule has 0 aliphatic heterocycles. The van der Waals surface area contributed by atoms with Gasteiger partial charge in [-0.15, -0.1) is 0 Å². The molecule has 0 N–H and O–H groups in total. The number of halogens is 1. The van der Waals surface area contributed by atoms with Crippen LogP contribution in [-0.4, -0.2) is 10.4 Å². The number of hydrogen-bond donors (Lipinski definition) is 0. The van der Waals surface area contributed by atoms with Crippen LogP contribution in [0.15, 0.2) is 34.9 Å². The molecule has 1 aromatic carbocycles. The maximum Gasteiger partial charge on any atom is 0.257 e. The number of aryl methyl sites for hydroxylation is 3. The van der Waals surface area contributed by atoms with Gasteiger partial charge in [0, 0.05) is 0 Å². The van der Waals surface area contributed by atoms with Gasteiger partial charge in [0.2, 0.25) is 0 Å². The van der Waals surface area contributed by atoms with Crippen LogP contribution in [0.25, 0.3) is 0 Å². The Morgan fingerprint density at radius 3 is 2.67 bits per heavy atom. The first kappa shape index (κ1) is 12.8. The Morgan fingerprint density at radius 1 is 1.28 bits per heavy atom. The van der Waals surface area contributed by atoms with E-state index in [1.807, 2.05) is 18.2 Å². The van der Waals surface area contributed by atoms with Crippen LogP contribution >= 0.6 is 11.6 Å². The number of carbonyl (C=O) groups is 1. The average Bonchev–Trinajstić information content (AvgIpc) is 2.72. The lowest BCUT2D eigenvalue weighted by Gasteiger charge is -2.00. The maximum absolute atomic E-state index is 11.2. The van der Waals surface area contributed by atoms with E-state index in [9.17, 15) is 4.79 Å². The van der Waals surface area contributed by atoms with Gasteiger partial charge >= 0.3 is 0 Å². The molecule has 0 fully saturated rings. The quantitative estimate of drug-likeness (QED) is 0.775. The normalized spacial score (nSPS) is 10.6. The second-order valence-corrected chi connectivity index (χ2v) is 4.52. The highest BCUT2D eigenvalue weighted by Crippen LogP contribution is 2.18. The monoisotopic (exact) mass is 263 g/mol. The van der Waals surface area contributed by atoms with Crippen molar-refractivity contribution >= 4 is 16.8 Å². The third kappa shape index (κ3) is 2.99. The number of rotatable bonds is 5. The molecule has 0 amide bonds. The number of aromatic nitrogens is 1. The van der Waals surface area contributed by atoms with Gasteiger partial charge in [-0.2, -0.15) is 0 Å². The molecule has 0 bridgehead atoms. The summed E-state index contributed by atoms with van der Waals surface area (Å²) in [5.74, 6) is 0.490. The standard InChI is InChI=1S/C14H14ClNO2/c1-10-13(14(15)17)12(16-18-10)9-5-8-11-6-3-2-4-7-11/h2-4,6-7H,5,8-9H2,1H3. The van der Waals surface area contributed by atoms with Crippen LogP contribution in [0.1, 0.15) is 33.8 Å². The van der Waals surface area contributed by atoms with E-state index in [2.05, 4.69) is 17.3 Å². The SMILES string of the molecule is Cc1onc(CCCc2ccccc2)c1C(=O)Cl. The average molecular weight is 264 g/mol. The fourth-order valence-electron chi connectivity index (χ4n) is 1.95. The van der Waals surface area contributed by atoms with Crippen molar-refractivity contribution in [2.45, 2.75) is 26.2 Å². The molecular formula is C14H14ClNO2. The number of hydrogen-bond acceptors (Lipinski definition) is 3. The summed E-state index contributed by atoms with van der Waals surface area (Å²) in [7, 11) is 0. The Morgan fingerprint density at radius 2 is 2.00 bits per heavy atom. The summed E-state index contributed by atoms with van der Waals surface area (Å²) in [6.45, 7) is 1.70. The maximum atomic E-state index is 11.2. The second kappa shape index (κ2) is 5.83. The summed E-state index contributed by atoms with van der Waals surface area (Å²) in [6, 6.07) is 10.2. The fraction of sp³-hybridized carbons (Fsp3) is 0.286. The largest absolute Gasteiger partial charge is 0.361 e. The van der Waals surface area contributed by atoms with Gasteiger partial charge in [-0.3, -0.25) is 4.79 Å². The van der Waals surface area contributed by atoms with Gasteiger partial charge < -0.3 is 4.52 Å². The van der Waals surface area contributed by atoms with Gasteiger partial charge in [-0.05, 0) is 43.4 Å². The zero-order valence-corrected chi connectivity index (χ0v) is 10.9. The molecule has 3 nitrogen and oxygen atoms in total. The minimum atomic E-state index is -0.497. The van der Waals surface area contributed by atoms with Gasteiger partial charge in [0.1, 0.15) is 5.76 Å². The van der Waals surface area contributed by atoms with E-state index in [4.69, 9.17) is 16.1 Å². The first-order valence-corrected chi connectivity index (χ1v) is 6.25. The van der Waals surface area contributed by atoms with Gasteiger partial charge in [0.25, 0.3) is 5.24 Å². The predicted octanol–water partition coefficient (Wildman–Crippen LogP) is 3.54. The summed E-state index contributed by atoms with van der Waals surface area (Å²) in [5, 5.41) is 3.39. The van der Waals surface area contributed by atoms with Crippen molar-refractivity contribution in [3.63, 3.8) is 0 Å². The Bertz CT molecular complexity index is 534. The van der Waals surface area contributed by atoms with Crippen LogP contribution in [0, 0.1) is 6.92 Å². The summed E-state index contributed by atoms with van der Waals surface area (Å²) in [4.78, 5) is 11.2. The summed E-state index contributed by atoms with van der Waals surface area (Å²) < 4.78 is 5.00. The first-order valence-electron chi connectivity index (χ1n) is 5.87. The van der Waals surface area contributed by atoms with Crippen molar-refractivity contribution in [1.29, 1.82) is 0 Å². The van der Waals surface area contributed by atoms with E-state index < -0.39 is 5.24 Å². The highest BCUT2D eigenvalue weighted by atomic mass is 35.5. The van der Waals surface area contributed by atoms with E-state index in [0.29, 0.717) is 23.4 Å². The molecule has 18 heavy (non-hydrogen) atoms. The molecule has 94 valence electrons. The molecule has 0 radical (unpaired) electrons. The molecule has 0 saturated carbocycles. The van der Waals surface area contributed by atoms with E-state index in [1.54, 1.807) is 6.92 Å². The molecule has 0 saturated heterocycles. The molecule has 0 spiro atoms. The summed E-state index contributed by atoms with van der Waals surface area (Å²) in [6.07, 6.45) is 2.55. The highest BCUT2D eigenvalue weighted by Gasteiger charge is 2.17. The van der Waals surface area contributed by atoms with Crippen molar-refractivity contribution in [3.05, 3.63) is 52.9 Å². The summed E-state index contributed by atoms with van der Waals surface area (Å²) in [5.41, 5.74) is 2.35. The Kier molecular flexibility index (Phi) is 4.15.